The van der Waals surface area contributed by atoms with Gasteiger partial charge >= 0.3 is 0 Å². The third-order valence-electron chi connectivity index (χ3n) is 4.92. The first-order chi connectivity index (χ1) is 12.4. The van der Waals surface area contributed by atoms with Gasteiger partial charge in [-0.05, 0) is 16.3 Å². The van der Waals surface area contributed by atoms with Gasteiger partial charge in [0, 0.05) is 22.6 Å². The van der Waals surface area contributed by atoms with Crippen LogP contribution in [0.1, 0.15) is 43.5 Å². The van der Waals surface area contributed by atoms with E-state index in [1.165, 1.54) is 0 Å². The zero-order chi connectivity index (χ0) is 18.5. The number of nitrogens with one attached hydrogen (secondary N) is 2. The molecule has 0 bridgehead atoms. The molecular formula is C21H20N4O. The lowest BCUT2D eigenvalue weighted by molar-refractivity contribution is 0.433. The molecule has 2 aromatic carbocycles. The quantitative estimate of drug-likeness (QED) is 0.681. The summed E-state index contributed by atoms with van der Waals surface area (Å²) in [6.45, 7) is 6.29. The lowest BCUT2D eigenvalue weighted by Crippen LogP contribution is -2.32. The maximum atomic E-state index is 9.76. The van der Waals surface area contributed by atoms with Crippen LogP contribution in [0.15, 0.2) is 42.5 Å². The predicted octanol–water partition coefficient (Wildman–Crippen LogP) is 4.50. The van der Waals surface area contributed by atoms with Gasteiger partial charge in [-0.2, -0.15) is 5.26 Å². The van der Waals surface area contributed by atoms with Crippen LogP contribution in [0.5, 0.6) is 5.88 Å². The van der Waals surface area contributed by atoms with E-state index in [1.807, 2.05) is 18.2 Å². The molecule has 0 fully saturated rings. The number of H-pyrrole nitrogens is 1. The molecule has 2 N–H and O–H groups in total. The monoisotopic (exact) mass is 344 g/mol. The second-order valence-electron chi connectivity index (χ2n) is 7.72. The molecule has 5 nitrogen and oxygen atoms in total. The molecule has 1 aromatic heterocycles. The van der Waals surface area contributed by atoms with E-state index >= 15 is 0 Å². The fourth-order valence-corrected chi connectivity index (χ4v) is 3.65. The van der Waals surface area contributed by atoms with Gasteiger partial charge in [-0.3, -0.25) is 10.5 Å². The number of nitriles is 1. The number of nitrogens with zero attached hydrogens (tertiary/aromatic N) is 2. The van der Waals surface area contributed by atoms with Crippen LogP contribution in [0, 0.1) is 22.7 Å². The van der Waals surface area contributed by atoms with Gasteiger partial charge in [-0.15, -0.1) is 5.10 Å². The van der Waals surface area contributed by atoms with Crippen molar-refractivity contribution in [3.05, 3.63) is 59.3 Å². The van der Waals surface area contributed by atoms with Crippen molar-refractivity contribution in [1.29, 1.82) is 10.7 Å². The Morgan fingerprint density at radius 1 is 1.15 bits per heavy atom. The summed E-state index contributed by atoms with van der Waals surface area (Å²) in [5.74, 6) is -0.606. The lowest BCUT2D eigenvalue weighted by Gasteiger charge is -2.30. The van der Waals surface area contributed by atoms with Crippen LogP contribution in [0.25, 0.3) is 10.8 Å². The van der Waals surface area contributed by atoms with Gasteiger partial charge in [-0.1, -0.05) is 63.2 Å². The summed E-state index contributed by atoms with van der Waals surface area (Å²) in [7, 11) is 0. The summed E-state index contributed by atoms with van der Waals surface area (Å²) in [6.07, 6.45) is 0. The minimum atomic E-state index is -0.678. The van der Waals surface area contributed by atoms with Gasteiger partial charge in [0.2, 0.25) is 11.8 Å². The zero-order valence-electron chi connectivity index (χ0n) is 15.0. The molecule has 1 aliphatic rings. The van der Waals surface area contributed by atoms with E-state index < -0.39 is 5.92 Å². The highest BCUT2D eigenvalue weighted by atomic mass is 16.5. The van der Waals surface area contributed by atoms with Gasteiger partial charge in [0.05, 0.1) is 6.07 Å². The Hall–Kier alpha value is -3.13. The van der Waals surface area contributed by atoms with Gasteiger partial charge in [-0.25, -0.2) is 0 Å². The number of aromatic amines is 1. The standard InChI is InChI=1S/C21H20N4O/c1-21(2,3)18-17-16(15(11-22)19(23)26-20(17)25-24-18)14-9-8-12-6-4-5-7-13(12)10-14/h4-10,15-16,23H,1-3H3,(H,24,25). The highest BCUT2D eigenvalue weighted by molar-refractivity contribution is 5.87. The lowest BCUT2D eigenvalue weighted by atomic mass is 9.75. The molecule has 0 aliphatic carbocycles. The maximum Gasteiger partial charge on any atom is 0.243 e. The third kappa shape index (κ3) is 2.46. The molecule has 0 saturated carbocycles. The second-order valence-corrected chi connectivity index (χ2v) is 7.72. The van der Waals surface area contributed by atoms with Crippen LogP contribution in [-0.4, -0.2) is 16.1 Å². The highest BCUT2D eigenvalue weighted by Crippen LogP contribution is 2.45. The maximum absolute atomic E-state index is 9.76. The molecule has 0 spiro atoms. The van der Waals surface area contributed by atoms with Crippen molar-refractivity contribution in [2.45, 2.75) is 32.1 Å². The molecule has 0 amide bonds. The normalized spacial score (nSPS) is 19.7. The van der Waals surface area contributed by atoms with Gasteiger partial charge in [0.15, 0.2) is 0 Å². The second kappa shape index (κ2) is 5.70. The van der Waals surface area contributed by atoms with Crippen molar-refractivity contribution in [3.8, 4) is 11.9 Å². The first kappa shape index (κ1) is 16.3. The Morgan fingerprint density at radius 2 is 1.88 bits per heavy atom. The summed E-state index contributed by atoms with van der Waals surface area (Å²) in [4.78, 5) is 0. The number of fused-ring (bicyclic) bond motifs is 2. The number of hydrogen-bond donors (Lipinski definition) is 2. The van der Waals surface area contributed by atoms with Gasteiger partial charge in [0.1, 0.15) is 5.92 Å². The summed E-state index contributed by atoms with van der Waals surface area (Å²) < 4.78 is 5.57. The van der Waals surface area contributed by atoms with E-state index in [0.717, 1.165) is 27.6 Å². The molecule has 130 valence electrons. The molecule has 26 heavy (non-hydrogen) atoms. The Kier molecular flexibility index (Phi) is 3.58. The minimum Gasteiger partial charge on any atom is -0.422 e. The Balaban J connectivity index is 1.97. The van der Waals surface area contributed by atoms with E-state index in [2.05, 4.69) is 61.3 Å². The Bertz CT molecular complexity index is 1050. The van der Waals surface area contributed by atoms with Crippen LogP contribution < -0.4 is 4.74 Å². The van der Waals surface area contributed by atoms with Crippen molar-refractivity contribution in [2.75, 3.05) is 0 Å². The average molecular weight is 344 g/mol. The Labute approximate surface area is 152 Å². The zero-order valence-corrected chi connectivity index (χ0v) is 15.0. The fourth-order valence-electron chi connectivity index (χ4n) is 3.65. The molecule has 1 aliphatic heterocycles. The molecule has 3 aromatic rings. The number of hydrogen-bond acceptors (Lipinski definition) is 4. The van der Waals surface area contributed by atoms with E-state index in [4.69, 9.17) is 10.1 Å². The number of rotatable bonds is 1. The van der Waals surface area contributed by atoms with Crippen LogP contribution in [0.3, 0.4) is 0 Å². The van der Waals surface area contributed by atoms with Crippen LogP contribution in [0.2, 0.25) is 0 Å². The number of benzene rings is 2. The third-order valence-corrected chi connectivity index (χ3v) is 4.92. The van der Waals surface area contributed by atoms with E-state index in [1.54, 1.807) is 0 Å². The van der Waals surface area contributed by atoms with Crippen molar-refractivity contribution in [3.63, 3.8) is 0 Å². The van der Waals surface area contributed by atoms with E-state index in [0.29, 0.717) is 5.88 Å². The summed E-state index contributed by atoms with van der Waals surface area (Å²) >= 11 is 0. The molecular weight excluding hydrogens is 324 g/mol. The van der Waals surface area contributed by atoms with Gasteiger partial charge < -0.3 is 4.74 Å². The van der Waals surface area contributed by atoms with E-state index in [-0.39, 0.29) is 17.2 Å². The number of aromatic nitrogens is 2. The molecule has 4 rings (SSSR count). The highest BCUT2D eigenvalue weighted by Gasteiger charge is 2.42. The van der Waals surface area contributed by atoms with Crippen molar-refractivity contribution in [2.24, 2.45) is 5.92 Å². The van der Waals surface area contributed by atoms with Crippen molar-refractivity contribution < 1.29 is 4.74 Å². The summed E-state index contributed by atoms with van der Waals surface area (Å²) in [5, 5.41) is 27.6. The first-order valence-corrected chi connectivity index (χ1v) is 8.63. The SMILES string of the molecule is CC(C)(C)c1[nH]nc2c1C(c1ccc3ccccc3c1)C(C#N)C(=N)O2. The van der Waals surface area contributed by atoms with E-state index in [9.17, 15) is 5.26 Å². The molecule has 2 unspecified atom stereocenters. The van der Waals surface area contributed by atoms with Gasteiger partial charge in [0.25, 0.3) is 0 Å². The molecule has 0 radical (unpaired) electrons. The smallest absolute Gasteiger partial charge is 0.243 e. The largest absolute Gasteiger partial charge is 0.422 e. The topological polar surface area (TPSA) is 85.5 Å². The minimum absolute atomic E-state index is 0.0508. The van der Waals surface area contributed by atoms with Crippen molar-refractivity contribution >= 4 is 16.7 Å². The summed E-state index contributed by atoms with van der Waals surface area (Å²) in [5.41, 5.74) is 2.64. The fraction of sp³-hybridized carbons (Fsp3) is 0.286. The van der Waals surface area contributed by atoms with Crippen LogP contribution in [-0.2, 0) is 5.41 Å². The first-order valence-electron chi connectivity index (χ1n) is 8.63. The molecule has 5 heteroatoms. The van der Waals surface area contributed by atoms with Crippen LogP contribution in [0.4, 0.5) is 0 Å². The average Bonchev–Trinajstić information content (AvgIpc) is 3.03. The molecule has 0 saturated heterocycles. The molecule has 2 heterocycles. The molecule has 2 atom stereocenters. The van der Waals surface area contributed by atoms with Crippen molar-refractivity contribution in [1.82, 2.24) is 10.2 Å². The predicted molar refractivity (Wildman–Crippen MR) is 101 cm³/mol. The summed E-state index contributed by atoms with van der Waals surface area (Å²) in [6, 6.07) is 16.6. The number of ether oxygens (including phenoxy) is 1. The van der Waals surface area contributed by atoms with Crippen LogP contribution >= 0.6 is 0 Å². The Morgan fingerprint density at radius 3 is 2.58 bits per heavy atom.